The molecule has 0 radical (unpaired) electrons. The van der Waals surface area contributed by atoms with Gasteiger partial charge in [-0.25, -0.2) is 9.97 Å². The van der Waals surface area contributed by atoms with Gasteiger partial charge in [0.25, 0.3) is 0 Å². The molecule has 1 fully saturated rings. The molecule has 8 nitrogen and oxygen atoms in total. The number of fused-ring (bicyclic) bond motifs is 3. The summed E-state index contributed by atoms with van der Waals surface area (Å²) in [7, 11) is 1.92. The van der Waals surface area contributed by atoms with Gasteiger partial charge in [0, 0.05) is 36.8 Å². The van der Waals surface area contributed by atoms with Crippen LogP contribution in [0.15, 0.2) is 36.7 Å². The van der Waals surface area contributed by atoms with Crippen molar-refractivity contribution in [2.24, 2.45) is 7.05 Å². The molecule has 1 saturated heterocycles. The Kier molecular flexibility index (Phi) is 3.78. The molecule has 0 spiro atoms. The first-order chi connectivity index (χ1) is 13.2. The van der Waals surface area contributed by atoms with E-state index >= 15 is 0 Å². The Labute approximate surface area is 156 Å². The molecule has 0 saturated carbocycles. The quantitative estimate of drug-likeness (QED) is 0.603. The van der Waals surface area contributed by atoms with Crippen LogP contribution in [-0.2, 0) is 11.8 Å². The Balaban J connectivity index is 1.48. The highest BCUT2D eigenvalue weighted by Gasteiger charge is 2.26. The van der Waals surface area contributed by atoms with Crippen molar-refractivity contribution in [3.05, 3.63) is 48.0 Å². The molecular formula is C19H21N7O. The second-order valence-electron chi connectivity index (χ2n) is 7.02. The van der Waals surface area contributed by atoms with E-state index in [0.29, 0.717) is 6.61 Å². The van der Waals surface area contributed by atoms with Crippen molar-refractivity contribution in [3.8, 4) is 0 Å². The van der Waals surface area contributed by atoms with Gasteiger partial charge in [0.2, 0.25) is 5.95 Å². The second kappa shape index (κ2) is 6.31. The van der Waals surface area contributed by atoms with Crippen LogP contribution in [0.4, 0.5) is 5.95 Å². The Hall–Kier alpha value is -3.00. The van der Waals surface area contributed by atoms with Gasteiger partial charge in [0.15, 0.2) is 5.65 Å². The van der Waals surface area contributed by atoms with Crippen LogP contribution in [-0.4, -0.2) is 42.0 Å². The van der Waals surface area contributed by atoms with Gasteiger partial charge in [-0.05, 0) is 31.9 Å². The molecule has 1 N–H and O–H groups in total. The number of rotatable bonds is 3. The summed E-state index contributed by atoms with van der Waals surface area (Å²) in [6.45, 7) is 2.60. The number of benzene rings is 1. The van der Waals surface area contributed by atoms with Crippen LogP contribution in [0, 0.1) is 6.92 Å². The van der Waals surface area contributed by atoms with E-state index in [9.17, 15) is 0 Å². The molecular weight excluding hydrogens is 342 g/mol. The van der Waals surface area contributed by atoms with E-state index < -0.39 is 0 Å². The predicted molar refractivity (Wildman–Crippen MR) is 102 cm³/mol. The van der Waals surface area contributed by atoms with E-state index in [1.165, 1.54) is 0 Å². The fourth-order valence-electron chi connectivity index (χ4n) is 3.70. The molecule has 4 aromatic rings. The number of nitrogens with one attached hydrogen (secondary N) is 1. The van der Waals surface area contributed by atoms with Gasteiger partial charge in [-0.2, -0.15) is 9.61 Å². The maximum atomic E-state index is 5.96. The van der Waals surface area contributed by atoms with Gasteiger partial charge in [0.05, 0.1) is 17.8 Å². The third kappa shape index (κ3) is 2.91. The summed E-state index contributed by atoms with van der Waals surface area (Å²) < 4.78 is 9.58. The van der Waals surface area contributed by atoms with Crippen molar-refractivity contribution in [1.29, 1.82) is 0 Å². The van der Waals surface area contributed by atoms with E-state index in [1.807, 2.05) is 59.8 Å². The minimum atomic E-state index is 0.0402. The summed E-state index contributed by atoms with van der Waals surface area (Å²) in [6.07, 6.45) is 5.70. The summed E-state index contributed by atoms with van der Waals surface area (Å²) in [5.41, 5.74) is 2.85. The zero-order chi connectivity index (χ0) is 18.4. The van der Waals surface area contributed by atoms with Gasteiger partial charge < -0.3 is 10.1 Å². The lowest BCUT2D eigenvalue weighted by molar-refractivity contribution is 0.00962. The minimum Gasteiger partial charge on any atom is -0.373 e. The third-order valence-corrected chi connectivity index (χ3v) is 5.00. The maximum Gasteiger partial charge on any atom is 0.226 e. The first kappa shape index (κ1) is 16.2. The monoisotopic (exact) mass is 363 g/mol. The minimum absolute atomic E-state index is 0.0402. The van der Waals surface area contributed by atoms with Gasteiger partial charge in [-0.15, -0.1) is 5.10 Å². The van der Waals surface area contributed by atoms with Crippen molar-refractivity contribution >= 4 is 22.5 Å². The van der Waals surface area contributed by atoms with E-state index in [2.05, 4.69) is 20.5 Å². The molecule has 2 unspecified atom stereocenters. The highest BCUT2D eigenvalue weighted by atomic mass is 16.5. The van der Waals surface area contributed by atoms with Gasteiger partial charge in [-0.3, -0.25) is 4.68 Å². The van der Waals surface area contributed by atoms with Crippen molar-refractivity contribution < 1.29 is 4.74 Å². The van der Waals surface area contributed by atoms with Crippen LogP contribution in [0.5, 0.6) is 0 Å². The lowest BCUT2D eigenvalue weighted by Crippen LogP contribution is -2.31. The number of anilines is 1. The first-order valence-electron chi connectivity index (χ1n) is 9.16. The number of nitrogens with zero attached hydrogens (tertiary/aromatic N) is 6. The van der Waals surface area contributed by atoms with Crippen LogP contribution in [0.1, 0.15) is 30.3 Å². The highest BCUT2D eigenvalue weighted by molar-refractivity contribution is 5.92. The molecule has 0 amide bonds. The molecule has 138 valence electrons. The Morgan fingerprint density at radius 3 is 2.96 bits per heavy atom. The van der Waals surface area contributed by atoms with Crippen LogP contribution >= 0.6 is 0 Å². The Morgan fingerprint density at radius 2 is 2.11 bits per heavy atom. The Bertz CT molecular complexity index is 1120. The molecule has 1 aromatic carbocycles. The van der Waals surface area contributed by atoms with E-state index in [0.717, 1.165) is 46.7 Å². The van der Waals surface area contributed by atoms with Gasteiger partial charge in [0.1, 0.15) is 5.82 Å². The number of ether oxygens (including phenoxy) is 1. The molecule has 3 aromatic heterocycles. The fraction of sp³-hybridized carbons (Fsp3) is 0.368. The van der Waals surface area contributed by atoms with Crippen molar-refractivity contribution in [1.82, 2.24) is 29.4 Å². The molecule has 8 heteroatoms. The van der Waals surface area contributed by atoms with Crippen LogP contribution in [0.3, 0.4) is 0 Å². The number of hydrogen-bond donors (Lipinski definition) is 1. The normalized spacial score (nSPS) is 20.4. The zero-order valence-corrected chi connectivity index (χ0v) is 15.3. The molecule has 0 bridgehead atoms. The summed E-state index contributed by atoms with van der Waals surface area (Å²) in [5.74, 6) is 1.46. The number of aryl methyl sites for hydroxylation is 2. The molecule has 0 aliphatic carbocycles. The first-order valence-corrected chi connectivity index (χ1v) is 9.16. The largest absolute Gasteiger partial charge is 0.373 e. The van der Waals surface area contributed by atoms with Crippen LogP contribution in [0.2, 0.25) is 0 Å². The fourth-order valence-corrected chi connectivity index (χ4v) is 3.70. The van der Waals surface area contributed by atoms with Crippen molar-refractivity contribution in [2.45, 2.75) is 31.9 Å². The average Bonchev–Trinajstić information content (AvgIpc) is 3.28. The zero-order valence-electron chi connectivity index (χ0n) is 15.3. The summed E-state index contributed by atoms with van der Waals surface area (Å²) in [6, 6.07) is 8.27. The predicted octanol–water partition coefficient (Wildman–Crippen LogP) is 2.65. The number of aromatic nitrogens is 6. The smallest absolute Gasteiger partial charge is 0.226 e. The van der Waals surface area contributed by atoms with E-state index in [4.69, 9.17) is 9.72 Å². The van der Waals surface area contributed by atoms with E-state index in [-0.39, 0.29) is 12.1 Å². The summed E-state index contributed by atoms with van der Waals surface area (Å²) in [5, 5.41) is 13.4. The lowest BCUT2D eigenvalue weighted by Gasteiger charge is -2.30. The molecule has 1 aliphatic rings. The molecule has 4 heterocycles. The molecule has 2 atom stereocenters. The van der Waals surface area contributed by atoms with E-state index in [1.54, 1.807) is 0 Å². The maximum absolute atomic E-state index is 5.96. The topological polar surface area (TPSA) is 82.2 Å². The van der Waals surface area contributed by atoms with Crippen molar-refractivity contribution in [3.63, 3.8) is 0 Å². The van der Waals surface area contributed by atoms with Crippen LogP contribution in [0.25, 0.3) is 16.6 Å². The number of hydrogen-bond acceptors (Lipinski definition) is 6. The lowest BCUT2D eigenvalue weighted by atomic mass is 10.00. The Morgan fingerprint density at radius 1 is 1.22 bits per heavy atom. The third-order valence-electron chi connectivity index (χ3n) is 5.00. The molecule has 27 heavy (non-hydrogen) atoms. The summed E-state index contributed by atoms with van der Waals surface area (Å²) in [4.78, 5) is 9.40. The summed E-state index contributed by atoms with van der Waals surface area (Å²) >= 11 is 0. The molecule has 5 rings (SSSR count). The van der Waals surface area contributed by atoms with Crippen molar-refractivity contribution in [2.75, 3.05) is 11.9 Å². The second-order valence-corrected chi connectivity index (χ2v) is 7.02. The number of para-hydroxylation sites is 1. The standard InChI is InChI=1S/C19H21N7O/c1-12-21-18-15-5-3-4-6-16(15)23-19(26(18)24-12)22-14-7-8-27-17(9-14)13-10-20-25(2)11-13/h3-6,10-11,14,17H,7-9H2,1-2H3,(H,22,23). The van der Waals surface area contributed by atoms with Gasteiger partial charge in [-0.1, -0.05) is 12.1 Å². The average molecular weight is 363 g/mol. The SMILES string of the molecule is Cc1nc2c3ccccc3nc(NC3CCOC(c4cnn(C)c4)C3)n2n1. The van der Waals surface area contributed by atoms with Gasteiger partial charge >= 0.3 is 0 Å². The highest BCUT2D eigenvalue weighted by Crippen LogP contribution is 2.30. The molecule has 1 aliphatic heterocycles. The van der Waals surface area contributed by atoms with Crippen LogP contribution < -0.4 is 5.32 Å².